The summed E-state index contributed by atoms with van der Waals surface area (Å²) < 4.78 is 19.0. The predicted octanol–water partition coefficient (Wildman–Crippen LogP) is 2.76. The lowest BCUT2D eigenvalue weighted by molar-refractivity contribution is -0.130. The number of benzene rings is 2. The second-order valence-electron chi connectivity index (χ2n) is 6.90. The molecule has 31 heavy (non-hydrogen) atoms. The number of rotatable bonds is 5. The minimum absolute atomic E-state index is 0.000448. The molecule has 2 aromatic carbocycles. The van der Waals surface area contributed by atoms with Crippen LogP contribution in [0.3, 0.4) is 0 Å². The van der Waals surface area contributed by atoms with Gasteiger partial charge in [-0.25, -0.2) is 9.18 Å². The van der Waals surface area contributed by atoms with E-state index >= 15 is 0 Å². The number of ether oxygens (including phenoxy) is 1. The third-order valence-corrected chi connectivity index (χ3v) is 5.79. The van der Waals surface area contributed by atoms with Crippen molar-refractivity contribution < 1.29 is 28.3 Å². The van der Waals surface area contributed by atoms with Gasteiger partial charge in [-0.2, -0.15) is 0 Å². The van der Waals surface area contributed by atoms with Crippen molar-refractivity contribution in [3.05, 3.63) is 75.9 Å². The van der Waals surface area contributed by atoms with Crippen molar-refractivity contribution >= 4 is 40.9 Å². The number of thioether (sulfide) groups is 1. The fourth-order valence-corrected chi connectivity index (χ4v) is 4.16. The second-order valence-corrected chi connectivity index (χ2v) is 7.89. The predicted molar refractivity (Wildman–Crippen MR) is 111 cm³/mol. The van der Waals surface area contributed by atoms with Gasteiger partial charge in [-0.05, 0) is 35.5 Å². The highest BCUT2D eigenvalue weighted by Crippen LogP contribution is 2.32. The van der Waals surface area contributed by atoms with Crippen molar-refractivity contribution in [2.75, 3.05) is 13.1 Å². The molecule has 0 bridgehead atoms. The summed E-state index contributed by atoms with van der Waals surface area (Å²) >= 11 is 0.715. The number of amides is 3. The summed E-state index contributed by atoms with van der Waals surface area (Å²) in [5.41, 5.74) is 1.37. The number of fused-ring (bicyclic) bond motifs is 1. The second kappa shape index (κ2) is 8.73. The van der Waals surface area contributed by atoms with Gasteiger partial charge >= 0.3 is 5.97 Å². The van der Waals surface area contributed by atoms with Gasteiger partial charge in [0.1, 0.15) is 5.82 Å². The van der Waals surface area contributed by atoms with E-state index in [2.05, 4.69) is 5.32 Å². The highest BCUT2D eigenvalue weighted by molar-refractivity contribution is 8.18. The molecule has 9 heteroatoms. The van der Waals surface area contributed by atoms with Crippen LogP contribution in [0.4, 0.5) is 9.18 Å². The molecule has 1 fully saturated rings. The van der Waals surface area contributed by atoms with Gasteiger partial charge in [0.2, 0.25) is 0 Å². The van der Waals surface area contributed by atoms with Crippen molar-refractivity contribution in [1.29, 1.82) is 0 Å². The maximum atomic E-state index is 13.8. The molecule has 2 aromatic rings. The van der Waals surface area contributed by atoms with E-state index in [0.717, 1.165) is 10.5 Å². The van der Waals surface area contributed by atoms with Gasteiger partial charge in [-0.15, -0.1) is 0 Å². The first kappa shape index (κ1) is 20.8. The summed E-state index contributed by atoms with van der Waals surface area (Å²) in [6, 6.07) is 12.8. The minimum atomic E-state index is -0.974. The molecular weight excluding hydrogens is 423 g/mol. The van der Waals surface area contributed by atoms with E-state index in [1.165, 1.54) is 24.3 Å². The lowest BCUT2D eigenvalue weighted by atomic mass is 9.98. The lowest BCUT2D eigenvalue weighted by Crippen LogP contribution is -2.44. The van der Waals surface area contributed by atoms with Gasteiger partial charge in [-0.3, -0.25) is 19.3 Å². The molecule has 1 atom stereocenters. The Hall–Kier alpha value is -3.46. The van der Waals surface area contributed by atoms with Crippen molar-refractivity contribution in [3.63, 3.8) is 0 Å². The van der Waals surface area contributed by atoms with Crippen LogP contribution in [-0.4, -0.2) is 47.1 Å². The Balaban J connectivity index is 1.34. The molecule has 0 aromatic heterocycles. The van der Waals surface area contributed by atoms with E-state index in [-0.39, 0.29) is 30.0 Å². The molecule has 1 N–H and O–H groups in total. The summed E-state index contributed by atoms with van der Waals surface area (Å²) in [5.74, 6) is -2.11. The molecule has 3 amide bonds. The average molecular weight is 440 g/mol. The molecule has 0 saturated carbocycles. The quantitative estimate of drug-likeness (QED) is 0.568. The van der Waals surface area contributed by atoms with Crippen LogP contribution < -0.4 is 5.32 Å². The molecule has 1 saturated heterocycles. The van der Waals surface area contributed by atoms with Crippen LogP contribution in [0.2, 0.25) is 0 Å². The first-order valence-electron chi connectivity index (χ1n) is 9.50. The monoisotopic (exact) mass is 440 g/mol. The number of imide groups is 1. The number of hydrogen-bond donors (Lipinski definition) is 1. The van der Waals surface area contributed by atoms with Crippen molar-refractivity contribution in [1.82, 2.24) is 10.2 Å². The Labute approximate surface area is 181 Å². The van der Waals surface area contributed by atoms with Gasteiger partial charge in [0.25, 0.3) is 17.1 Å². The maximum absolute atomic E-state index is 13.8. The van der Waals surface area contributed by atoms with Gasteiger partial charge < -0.3 is 10.1 Å². The fourth-order valence-electron chi connectivity index (χ4n) is 3.31. The minimum Gasteiger partial charge on any atom is -0.448 e. The molecule has 2 heterocycles. The number of carbonyl (C=O) groups excluding carboxylic acids is 4. The van der Waals surface area contributed by atoms with Gasteiger partial charge in [0, 0.05) is 25.1 Å². The molecule has 2 aliphatic rings. The number of esters is 1. The normalized spacial score (nSPS) is 19.4. The zero-order chi connectivity index (χ0) is 22.0. The lowest BCUT2D eigenvalue weighted by Gasteiger charge is -2.24. The van der Waals surface area contributed by atoms with Crippen LogP contribution in [0, 0.1) is 5.82 Å². The van der Waals surface area contributed by atoms with Crippen LogP contribution in [0.5, 0.6) is 0 Å². The van der Waals surface area contributed by atoms with Crippen LogP contribution in [0.1, 0.15) is 21.5 Å². The molecule has 2 aliphatic heterocycles. The number of nitrogens with one attached hydrogen (secondary N) is 1. The molecule has 0 spiro atoms. The van der Waals surface area contributed by atoms with Crippen molar-refractivity contribution in [3.8, 4) is 0 Å². The Kier molecular flexibility index (Phi) is 5.85. The number of nitrogens with zero attached hydrogens (tertiary/aromatic N) is 1. The number of carbonyl (C=O) groups is 4. The molecular formula is C22H17FN2O5S. The molecule has 0 radical (unpaired) electrons. The van der Waals surface area contributed by atoms with Gasteiger partial charge in [0.05, 0.1) is 10.5 Å². The Bertz CT molecular complexity index is 1120. The van der Waals surface area contributed by atoms with Crippen LogP contribution >= 0.6 is 11.8 Å². The SMILES string of the molecule is O=C1OC(C(=O)NCCN2C(=O)S/C(=C\c3ccccc3F)C2=O)Cc2ccccc21. The van der Waals surface area contributed by atoms with Crippen molar-refractivity contribution in [2.24, 2.45) is 0 Å². The maximum Gasteiger partial charge on any atom is 0.339 e. The first-order chi connectivity index (χ1) is 14.9. The van der Waals surface area contributed by atoms with Crippen molar-refractivity contribution in [2.45, 2.75) is 12.5 Å². The van der Waals surface area contributed by atoms with E-state index in [4.69, 9.17) is 4.74 Å². The van der Waals surface area contributed by atoms with Crippen LogP contribution in [0.25, 0.3) is 6.08 Å². The Morgan fingerprint density at radius 2 is 1.90 bits per heavy atom. The molecule has 158 valence electrons. The zero-order valence-electron chi connectivity index (χ0n) is 16.2. The van der Waals surface area contributed by atoms with E-state index in [1.807, 2.05) is 0 Å². The van der Waals surface area contributed by atoms with E-state index in [1.54, 1.807) is 30.3 Å². The Morgan fingerprint density at radius 1 is 1.16 bits per heavy atom. The molecule has 7 nitrogen and oxygen atoms in total. The average Bonchev–Trinajstić information content (AvgIpc) is 3.02. The van der Waals surface area contributed by atoms with E-state index in [9.17, 15) is 23.6 Å². The fraction of sp³-hybridized carbons (Fsp3) is 0.182. The van der Waals surface area contributed by atoms with E-state index < -0.39 is 34.9 Å². The van der Waals surface area contributed by atoms with Crippen LogP contribution in [-0.2, 0) is 20.7 Å². The van der Waals surface area contributed by atoms with Crippen LogP contribution in [0.15, 0.2) is 53.4 Å². The topological polar surface area (TPSA) is 92.8 Å². The van der Waals surface area contributed by atoms with Gasteiger partial charge in [0.15, 0.2) is 6.10 Å². The number of halogens is 1. The zero-order valence-corrected chi connectivity index (χ0v) is 17.0. The smallest absolute Gasteiger partial charge is 0.339 e. The standard InChI is InChI=1S/C22H17FN2O5S/c23-16-8-4-2-6-14(16)12-18-20(27)25(22(29)31-18)10-9-24-19(26)17-11-13-5-1-3-7-15(13)21(28)30-17/h1-8,12,17H,9-11H2,(H,24,26)/b18-12-. The Morgan fingerprint density at radius 3 is 2.71 bits per heavy atom. The third-order valence-electron chi connectivity index (χ3n) is 4.88. The van der Waals surface area contributed by atoms with E-state index in [0.29, 0.717) is 17.3 Å². The number of hydrogen-bond acceptors (Lipinski definition) is 6. The van der Waals surface area contributed by atoms with Gasteiger partial charge in [-0.1, -0.05) is 36.4 Å². The summed E-state index contributed by atoms with van der Waals surface area (Å²) in [7, 11) is 0. The summed E-state index contributed by atoms with van der Waals surface area (Å²) in [5, 5.41) is 2.09. The highest BCUT2D eigenvalue weighted by Gasteiger charge is 2.35. The summed E-state index contributed by atoms with van der Waals surface area (Å²) in [4.78, 5) is 50.2. The first-order valence-corrected chi connectivity index (χ1v) is 10.3. The summed E-state index contributed by atoms with van der Waals surface area (Å²) in [6.45, 7) is -0.0537. The molecule has 4 rings (SSSR count). The molecule has 0 aliphatic carbocycles. The highest BCUT2D eigenvalue weighted by atomic mass is 32.2. The molecule has 1 unspecified atom stereocenters. The summed E-state index contributed by atoms with van der Waals surface area (Å²) in [6.07, 6.45) is 0.608. The number of cyclic esters (lactones) is 1. The third kappa shape index (κ3) is 4.36. The largest absolute Gasteiger partial charge is 0.448 e.